The van der Waals surface area contributed by atoms with Crippen molar-refractivity contribution in [1.29, 1.82) is 0 Å². The van der Waals surface area contributed by atoms with Crippen molar-refractivity contribution in [2.24, 2.45) is 0 Å². The molecule has 2 heterocycles. The third kappa shape index (κ3) is 4.31. The lowest BCUT2D eigenvalue weighted by atomic mass is 10.1. The number of hydrogen-bond donors (Lipinski definition) is 2. The number of nitrogens with one attached hydrogen (secondary N) is 2. The molecule has 0 radical (unpaired) electrons. The van der Waals surface area contributed by atoms with Crippen LogP contribution in [-0.2, 0) is 13.0 Å². The lowest BCUT2D eigenvalue weighted by Gasteiger charge is -2.09. The van der Waals surface area contributed by atoms with Gasteiger partial charge in [0, 0.05) is 6.54 Å². The molecular weight excluding hydrogens is 322 g/mol. The normalized spacial score (nSPS) is 10.4. The summed E-state index contributed by atoms with van der Waals surface area (Å²) in [5, 5.41) is 17.4. The second-order valence-electron chi connectivity index (χ2n) is 5.27. The van der Waals surface area contributed by atoms with Gasteiger partial charge in [0.15, 0.2) is 0 Å². The van der Waals surface area contributed by atoms with Crippen molar-refractivity contribution in [2.75, 3.05) is 17.2 Å². The molecule has 0 saturated heterocycles. The number of aromatic nitrogens is 2. The zero-order valence-electron chi connectivity index (χ0n) is 13.4. The van der Waals surface area contributed by atoms with Gasteiger partial charge < -0.3 is 15.1 Å². The average Bonchev–Trinajstić information content (AvgIpc) is 3.14. The molecule has 0 aliphatic rings. The minimum absolute atomic E-state index is 0.151. The fraction of sp³-hybridized carbons (Fsp3) is 0.176. The Morgan fingerprint density at radius 2 is 1.80 bits per heavy atom. The minimum atomic E-state index is -0.491. The molecule has 1 aromatic carbocycles. The lowest BCUT2D eigenvalue weighted by molar-refractivity contribution is -0.383. The molecular formula is C17H17N5O3. The largest absolute Gasteiger partial charge is 0.467 e. The van der Waals surface area contributed by atoms with E-state index in [1.807, 2.05) is 30.3 Å². The number of anilines is 2. The maximum Gasteiger partial charge on any atom is 0.353 e. The van der Waals surface area contributed by atoms with E-state index in [4.69, 9.17) is 4.42 Å². The van der Waals surface area contributed by atoms with E-state index in [0.717, 1.165) is 12.0 Å². The molecule has 0 aliphatic heterocycles. The summed E-state index contributed by atoms with van der Waals surface area (Å²) in [4.78, 5) is 19.0. The number of rotatable bonds is 8. The smallest absolute Gasteiger partial charge is 0.353 e. The van der Waals surface area contributed by atoms with Gasteiger partial charge in [0.05, 0.1) is 17.7 Å². The zero-order chi connectivity index (χ0) is 17.5. The van der Waals surface area contributed by atoms with Gasteiger partial charge in [-0.05, 0) is 24.1 Å². The highest BCUT2D eigenvalue weighted by Gasteiger charge is 2.22. The van der Waals surface area contributed by atoms with Gasteiger partial charge in [-0.25, -0.2) is 9.97 Å². The van der Waals surface area contributed by atoms with Crippen LogP contribution in [0.1, 0.15) is 11.3 Å². The van der Waals surface area contributed by atoms with Crippen molar-refractivity contribution in [3.63, 3.8) is 0 Å². The maximum absolute atomic E-state index is 11.5. The van der Waals surface area contributed by atoms with Crippen LogP contribution in [0, 0.1) is 10.1 Å². The Balaban J connectivity index is 1.69. The van der Waals surface area contributed by atoms with Gasteiger partial charge in [-0.1, -0.05) is 30.3 Å². The highest BCUT2D eigenvalue weighted by Crippen LogP contribution is 2.29. The number of benzene rings is 1. The molecule has 8 nitrogen and oxygen atoms in total. The van der Waals surface area contributed by atoms with Crippen molar-refractivity contribution in [3.8, 4) is 0 Å². The van der Waals surface area contributed by atoms with Gasteiger partial charge in [0.1, 0.15) is 12.1 Å². The quantitative estimate of drug-likeness (QED) is 0.479. The first kappa shape index (κ1) is 16.4. The molecule has 25 heavy (non-hydrogen) atoms. The molecule has 3 rings (SSSR count). The fourth-order valence-corrected chi connectivity index (χ4v) is 2.36. The summed E-state index contributed by atoms with van der Waals surface area (Å²) in [6.07, 6.45) is 3.57. The van der Waals surface area contributed by atoms with Crippen LogP contribution in [0.4, 0.5) is 17.3 Å². The molecule has 2 N–H and O–H groups in total. The van der Waals surface area contributed by atoms with Crippen molar-refractivity contribution in [2.45, 2.75) is 13.0 Å². The molecule has 0 saturated carbocycles. The summed E-state index contributed by atoms with van der Waals surface area (Å²) in [6, 6.07) is 13.4. The van der Waals surface area contributed by atoms with Gasteiger partial charge >= 0.3 is 5.69 Å². The maximum atomic E-state index is 11.5. The molecule has 2 aromatic heterocycles. The number of nitro groups is 1. The first-order valence-electron chi connectivity index (χ1n) is 7.77. The molecule has 0 fully saturated rings. The van der Waals surface area contributed by atoms with Crippen LogP contribution < -0.4 is 10.6 Å². The van der Waals surface area contributed by atoms with E-state index in [-0.39, 0.29) is 17.3 Å². The van der Waals surface area contributed by atoms with Crippen molar-refractivity contribution in [1.82, 2.24) is 9.97 Å². The van der Waals surface area contributed by atoms with Gasteiger partial charge in [0.25, 0.3) is 0 Å². The Bertz CT molecular complexity index is 822. The van der Waals surface area contributed by atoms with E-state index in [1.54, 1.807) is 18.4 Å². The SMILES string of the molecule is O=[N+]([O-])c1c(NCCc2ccccc2)ncnc1NCc1ccco1. The lowest BCUT2D eigenvalue weighted by Crippen LogP contribution is -2.11. The van der Waals surface area contributed by atoms with Crippen LogP contribution in [-0.4, -0.2) is 21.4 Å². The second kappa shape index (κ2) is 7.91. The molecule has 0 unspecified atom stereocenters. The van der Waals surface area contributed by atoms with Crippen LogP contribution in [0.5, 0.6) is 0 Å². The first-order chi connectivity index (χ1) is 12.2. The molecule has 3 aromatic rings. The molecule has 8 heteroatoms. The average molecular weight is 339 g/mol. The Hall–Kier alpha value is -3.42. The van der Waals surface area contributed by atoms with Crippen LogP contribution >= 0.6 is 0 Å². The predicted molar refractivity (Wildman–Crippen MR) is 93.4 cm³/mol. The second-order valence-corrected chi connectivity index (χ2v) is 5.27. The molecule has 0 atom stereocenters. The number of furan rings is 1. The van der Waals surface area contributed by atoms with Crippen molar-refractivity contribution < 1.29 is 9.34 Å². The van der Waals surface area contributed by atoms with Gasteiger partial charge in [-0.3, -0.25) is 10.1 Å². The van der Waals surface area contributed by atoms with E-state index in [9.17, 15) is 10.1 Å². The van der Waals surface area contributed by atoms with E-state index < -0.39 is 4.92 Å². The molecule has 0 spiro atoms. The number of hydrogen-bond acceptors (Lipinski definition) is 7. The Kier molecular flexibility index (Phi) is 5.20. The Morgan fingerprint density at radius 1 is 1.04 bits per heavy atom. The minimum Gasteiger partial charge on any atom is -0.467 e. The van der Waals surface area contributed by atoms with E-state index >= 15 is 0 Å². The van der Waals surface area contributed by atoms with Crippen LogP contribution in [0.15, 0.2) is 59.5 Å². The Labute approximate surface area is 144 Å². The third-order valence-corrected chi connectivity index (χ3v) is 3.56. The summed E-state index contributed by atoms with van der Waals surface area (Å²) < 4.78 is 5.21. The zero-order valence-corrected chi connectivity index (χ0v) is 13.4. The van der Waals surface area contributed by atoms with E-state index in [2.05, 4.69) is 20.6 Å². The summed E-state index contributed by atoms with van der Waals surface area (Å²) >= 11 is 0. The fourth-order valence-electron chi connectivity index (χ4n) is 2.36. The topological polar surface area (TPSA) is 106 Å². The molecule has 0 aliphatic carbocycles. The summed E-state index contributed by atoms with van der Waals surface area (Å²) in [5.41, 5.74) is 0.963. The van der Waals surface area contributed by atoms with Crippen LogP contribution in [0.3, 0.4) is 0 Å². The molecule has 128 valence electrons. The van der Waals surface area contributed by atoms with Gasteiger partial charge in [-0.15, -0.1) is 0 Å². The van der Waals surface area contributed by atoms with Gasteiger partial charge in [0.2, 0.25) is 11.6 Å². The number of nitrogens with zero attached hydrogens (tertiary/aromatic N) is 3. The van der Waals surface area contributed by atoms with Crippen molar-refractivity contribution in [3.05, 3.63) is 76.5 Å². The summed E-state index contributed by atoms with van der Waals surface area (Å²) in [6.45, 7) is 0.827. The van der Waals surface area contributed by atoms with E-state index in [1.165, 1.54) is 6.33 Å². The molecule has 0 amide bonds. The monoisotopic (exact) mass is 339 g/mol. The Morgan fingerprint density at radius 3 is 2.48 bits per heavy atom. The van der Waals surface area contributed by atoms with Crippen molar-refractivity contribution >= 4 is 17.3 Å². The van der Waals surface area contributed by atoms with Crippen LogP contribution in [0.25, 0.3) is 0 Å². The first-order valence-corrected chi connectivity index (χ1v) is 7.77. The highest BCUT2D eigenvalue weighted by atomic mass is 16.6. The predicted octanol–water partition coefficient (Wildman–Crippen LogP) is 3.24. The third-order valence-electron chi connectivity index (χ3n) is 3.56. The summed E-state index contributed by atoms with van der Waals surface area (Å²) in [7, 11) is 0. The van der Waals surface area contributed by atoms with Crippen LogP contribution in [0.2, 0.25) is 0 Å². The highest BCUT2D eigenvalue weighted by molar-refractivity contribution is 5.69. The standard InChI is InChI=1S/C17H17N5O3/c23-22(24)15-16(18-9-8-13-5-2-1-3-6-13)20-12-21-17(15)19-11-14-7-4-10-25-14/h1-7,10,12H,8-9,11H2,(H2,18,19,20,21). The van der Waals surface area contributed by atoms with Gasteiger partial charge in [-0.2, -0.15) is 0 Å². The molecule has 0 bridgehead atoms. The van der Waals surface area contributed by atoms with E-state index in [0.29, 0.717) is 18.8 Å². The summed E-state index contributed by atoms with van der Waals surface area (Å²) in [5.74, 6) is 1.00.